The fourth-order valence-electron chi connectivity index (χ4n) is 3.94. The maximum Gasteiger partial charge on any atom is 0.283 e. The van der Waals surface area contributed by atoms with E-state index in [1.54, 1.807) is 60.8 Å². The summed E-state index contributed by atoms with van der Waals surface area (Å²) in [7, 11) is 0. The van der Waals surface area contributed by atoms with E-state index in [-0.39, 0.29) is 27.2 Å². The number of anilines is 4. The van der Waals surface area contributed by atoms with Crippen molar-refractivity contribution < 1.29 is 19.6 Å². The third-order valence-electron chi connectivity index (χ3n) is 6.01. The first-order valence-electron chi connectivity index (χ1n) is 11.6. The molecule has 0 unspecified atom stereocenters. The smallest absolute Gasteiger partial charge is 0.283 e. The quantitative estimate of drug-likeness (QED) is 0.171. The molecule has 0 saturated carbocycles. The molecular weight excluding hydrogens is 577 g/mol. The minimum absolute atomic E-state index is 0.0778. The van der Waals surface area contributed by atoms with Gasteiger partial charge in [0.25, 0.3) is 17.7 Å². The van der Waals surface area contributed by atoms with Gasteiger partial charge in [0.15, 0.2) is 5.13 Å². The van der Waals surface area contributed by atoms with Crippen LogP contribution in [0.15, 0.2) is 82.8 Å². The molecule has 4 aromatic rings. The van der Waals surface area contributed by atoms with Crippen LogP contribution in [0.1, 0.15) is 15.9 Å². The zero-order valence-corrected chi connectivity index (χ0v) is 22.8. The van der Waals surface area contributed by atoms with Crippen LogP contribution in [0.3, 0.4) is 0 Å². The number of nitrogens with one attached hydrogen (secondary N) is 2. The van der Waals surface area contributed by atoms with Gasteiger partial charge >= 0.3 is 0 Å². The highest BCUT2D eigenvalue weighted by molar-refractivity contribution is 7.14. The van der Waals surface area contributed by atoms with Gasteiger partial charge in [-0.3, -0.25) is 24.9 Å². The number of imide groups is 1. The number of hydrogen-bond acceptors (Lipinski definition) is 9. The zero-order chi connectivity index (χ0) is 28.6. The Labute approximate surface area is 241 Å². The van der Waals surface area contributed by atoms with Gasteiger partial charge in [0.1, 0.15) is 10.7 Å². The van der Waals surface area contributed by atoms with Gasteiger partial charge in [0.05, 0.1) is 17.1 Å². The van der Waals surface area contributed by atoms with Crippen LogP contribution < -0.4 is 20.8 Å². The van der Waals surface area contributed by atoms with E-state index in [0.29, 0.717) is 38.3 Å². The van der Waals surface area contributed by atoms with Crippen molar-refractivity contribution >= 4 is 74.5 Å². The van der Waals surface area contributed by atoms with Crippen molar-refractivity contribution in [1.29, 1.82) is 0 Å². The molecule has 0 fully saturated rings. The summed E-state index contributed by atoms with van der Waals surface area (Å²) < 4.78 is 0. The van der Waals surface area contributed by atoms with E-state index >= 15 is 0 Å². The second-order valence-electron chi connectivity index (χ2n) is 8.54. The Hall–Kier alpha value is -4.26. The van der Waals surface area contributed by atoms with Crippen molar-refractivity contribution in [2.45, 2.75) is 6.92 Å². The minimum Gasteiger partial charge on any atom is -0.733 e. The second-order valence-corrected chi connectivity index (χ2v) is 10.2. The van der Waals surface area contributed by atoms with E-state index < -0.39 is 17.7 Å². The maximum atomic E-state index is 13.2. The van der Waals surface area contributed by atoms with Gasteiger partial charge in [-0.25, -0.2) is 9.88 Å². The summed E-state index contributed by atoms with van der Waals surface area (Å²) >= 11 is 13.6. The van der Waals surface area contributed by atoms with E-state index in [2.05, 4.69) is 15.6 Å². The van der Waals surface area contributed by atoms with Crippen molar-refractivity contribution in [3.63, 3.8) is 0 Å². The molecule has 0 bridgehead atoms. The van der Waals surface area contributed by atoms with Crippen molar-refractivity contribution in [3.8, 4) is 11.3 Å². The standard InChI is InChI=1S/C27H18Cl2N5O5S/c1-14-19(28)6-3-7-21(14)33-25(36)22(29)23(26(33)37)30-17-5-2-4-16(12-17)24(35)32-27-31-20(13-40-27)15-8-10-18(11-9-15)34(38)39/h2-13,30,38H,1H3,(H,31,32,35)/q-1. The molecular formula is C27H18Cl2N5O5S-. The first-order chi connectivity index (χ1) is 19.1. The highest BCUT2D eigenvalue weighted by Crippen LogP contribution is 2.34. The Morgan fingerprint density at radius 3 is 2.50 bits per heavy atom. The van der Waals surface area contributed by atoms with Crippen molar-refractivity contribution in [3.05, 3.63) is 104 Å². The maximum absolute atomic E-state index is 13.2. The number of hydrogen-bond donors (Lipinski definition) is 3. The zero-order valence-electron chi connectivity index (χ0n) is 20.5. The lowest BCUT2D eigenvalue weighted by molar-refractivity contribution is -0.120. The average Bonchev–Trinajstić information content (AvgIpc) is 3.49. The Kier molecular flexibility index (Phi) is 7.57. The molecule has 3 amide bonds. The molecule has 1 aromatic heterocycles. The van der Waals surface area contributed by atoms with Gasteiger partial charge < -0.3 is 15.8 Å². The van der Waals surface area contributed by atoms with Gasteiger partial charge in [-0.15, -0.1) is 11.3 Å². The van der Waals surface area contributed by atoms with Crippen LogP contribution in [0.2, 0.25) is 5.02 Å². The van der Waals surface area contributed by atoms with Gasteiger partial charge in [-0.2, -0.15) is 0 Å². The van der Waals surface area contributed by atoms with Crippen molar-refractivity contribution in [2.24, 2.45) is 0 Å². The predicted molar refractivity (Wildman–Crippen MR) is 155 cm³/mol. The summed E-state index contributed by atoms with van der Waals surface area (Å²) in [5.41, 5.74) is 2.72. The monoisotopic (exact) mass is 594 g/mol. The van der Waals surface area contributed by atoms with Crippen LogP contribution in [0.5, 0.6) is 0 Å². The summed E-state index contributed by atoms with van der Waals surface area (Å²) in [6.07, 6.45) is 0. The number of carbonyl (C=O) groups is 3. The molecule has 3 aromatic carbocycles. The molecule has 40 heavy (non-hydrogen) atoms. The number of thiazole rings is 1. The molecule has 0 aliphatic carbocycles. The summed E-state index contributed by atoms with van der Waals surface area (Å²) in [6, 6.07) is 17.3. The Balaban J connectivity index is 1.30. The molecule has 2 heterocycles. The fourth-order valence-corrected chi connectivity index (χ4v) is 5.04. The third kappa shape index (κ3) is 5.28. The van der Waals surface area contributed by atoms with Crippen LogP contribution in [-0.4, -0.2) is 27.9 Å². The average molecular weight is 595 g/mol. The largest absolute Gasteiger partial charge is 0.733 e. The molecule has 0 atom stereocenters. The van der Waals surface area contributed by atoms with E-state index in [4.69, 9.17) is 28.4 Å². The second kappa shape index (κ2) is 11.1. The van der Waals surface area contributed by atoms with E-state index in [9.17, 15) is 19.6 Å². The molecule has 0 radical (unpaired) electrons. The molecule has 0 saturated heterocycles. The molecule has 13 heteroatoms. The SMILES string of the molecule is Cc1c(Cl)cccc1N1C(=O)C(Cl)=C(Nc2cccc(C(=O)Nc3nc(-c4ccc(N([O-])O)cc4)cs3)c2)C1=O. The number of nitrogens with zero attached hydrogens (tertiary/aromatic N) is 3. The lowest BCUT2D eigenvalue weighted by Gasteiger charge is -2.21. The van der Waals surface area contributed by atoms with Gasteiger partial charge in [-0.05, 0) is 55.0 Å². The number of amides is 3. The van der Waals surface area contributed by atoms with Crippen LogP contribution in [0.25, 0.3) is 11.3 Å². The Bertz CT molecular complexity index is 1690. The number of benzene rings is 3. The predicted octanol–water partition coefficient (Wildman–Crippen LogP) is 6.15. The molecule has 0 spiro atoms. The highest BCUT2D eigenvalue weighted by atomic mass is 35.5. The first-order valence-corrected chi connectivity index (χ1v) is 13.2. The summed E-state index contributed by atoms with van der Waals surface area (Å²) in [6.45, 7) is 1.69. The topological polar surface area (TPSA) is 138 Å². The highest BCUT2D eigenvalue weighted by Gasteiger charge is 2.39. The van der Waals surface area contributed by atoms with Crippen LogP contribution in [0, 0.1) is 12.1 Å². The van der Waals surface area contributed by atoms with Gasteiger partial charge in [0.2, 0.25) is 0 Å². The third-order valence-corrected chi connectivity index (χ3v) is 7.53. The van der Waals surface area contributed by atoms with E-state index in [1.807, 2.05) is 0 Å². The molecule has 3 N–H and O–H groups in total. The lowest BCUT2D eigenvalue weighted by atomic mass is 10.1. The number of aromatic nitrogens is 1. The normalized spacial score (nSPS) is 13.2. The van der Waals surface area contributed by atoms with Crippen molar-refractivity contribution in [2.75, 3.05) is 20.8 Å². The minimum atomic E-state index is -0.690. The number of rotatable bonds is 7. The molecule has 5 rings (SSSR count). The number of halogens is 2. The number of carbonyl (C=O) groups excluding carboxylic acids is 3. The van der Waals surface area contributed by atoms with Crippen molar-refractivity contribution in [1.82, 2.24) is 4.98 Å². The molecule has 1 aliphatic heterocycles. The lowest BCUT2D eigenvalue weighted by Crippen LogP contribution is -2.32. The summed E-state index contributed by atoms with van der Waals surface area (Å²) in [4.78, 5) is 44.3. The van der Waals surface area contributed by atoms with Gasteiger partial charge in [0, 0.05) is 27.2 Å². The molecule has 1 aliphatic rings. The summed E-state index contributed by atoms with van der Waals surface area (Å²) in [5, 5.41) is 27.5. The van der Waals surface area contributed by atoms with Crippen LogP contribution in [0.4, 0.5) is 22.2 Å². The Morgan fingerprint density at radius 2 is 1.77 bits per heavy atom. The van der Waals surface area contributed by atoms with Gasteiger partial charge in [-0.1, -0.05) is 47.5 Å². The van der Waals surface area contributed by atoms with Crippen LogP contribution >= 0.6 is 34.5 Å². The molecule has 202 valence electrons. The fraction of sp³-hybridized carbons (Fsp3) is 0.0370. The molecule has 10 nitrogen and oxygen atoms in total. The van der Waals surface area contributed by atoms with Crippen LogP contribution in [-0.2, 0) is 9.59 Å². The first kappa shape index (κ1) is 27.3. The Morgan fingerprint density at radius 1 is 1.05 bits per heavy atom. The summed E-state index contributed by atoms with van der Waals surface area (Å²) in [5.74, 6) is -1.79. The van der Waals surface area contributed by atoms with E-state index in [0.717, 1.165) is 4.90 Å². The van der Waals surface area contributed by atoms with E-state index in [1.165, 1.54) is 29.5 Å².